The van der Waals surface area contributed by atoms with Crippen molar-refractivity contribution in [1.29, 1.82) is 0 Å². The molecule has 0 amide bonds. The maximum Gasteiger partial charge on any atom is 0.0408 e. The van der Waals surface area contributed by atoms with Crippen molar-refractivity contribution in [2.45, 2.75) is 18.8 Å². The van der Waals surface area contributed by atoms with Gasteiger partial charge in [-0.1, -0.05) is 30.7 Å². The third-order valence-corrected chi connectivity index (χ3v) is 3.42. The predicted molar refractivity (Wildman–Crippen MR) is 56.0 cm³/mol. The number of halogens is 1. The highest BCUT2D eigenvalue weighted by atomic mass is 35.5. The molecule has 0 aliphatic heterocycles. The second kappa shape index (κ2) is 3.00. The van der Waals surface area contributed by atoms with Crippen molar-refractivity contribution in [2.75, 3.05) is 6.54 Å². The highest BCUT2D eigenvalue weighted by Gasteiger charge is 2.49. The van der Waals surface area contributed by atoms with Crippen LogP contribution in [0.2, 0.25) is 5.02 Å². The number of nitrogens with two attached hydrogens (primary N) is 1. The van der Waals surface area contributed by atoms with Crippen LogP contribution in [0.25, 0.3) is 0 Å². The number of hydrogen-bond donors (Lipinski definition) is 1. The highest BCUT2D eigenvalue weighted by molar-refractivity contribution is 6.30. The first-order valence-corrected chi connectivity index (χ1v) is 5.01. The van der Waals surface area contributed by atoms with Crippen LogP contribution in [-0.2, 0) is 5.41 Å². The fourth-order valence-electron chi connectivity index (χ4n) is 1.99. The number of benzene rings is 1. The molecule has 2 unspecified atom stereocenters. The van der Waals surface area contributed by atoms with E-state index < -0.39 is 0 Å². The Morgan fingerprint density at radius 3 is 2.92 bits per heavy atom. The molecule has 1 fully saturated rings. The lowest BCUT2D eigenvalue weighted by atomic mass is 9.96. The molecule has 0 spiro atoms. The zero-order valence-corrected chi connectivity index (χ0v) is 8.51. The summed E-state index contributed by atoms with van der Waals surface area (Å²) in [5.41, 5.74) is 7.27. The molecule has 1 saturated carbocycles. The van der Waals surface area contributed by atoms with Gasteiger partial charge in [0, 0.05) is 5.02 Å². The van der Waals surface area contributed by atoms with Gasteiger partial charge in [0.05, 0.1) is 0 Å². The van der Waals surface area contributed by atoms with Crippen molar-refractivity contribution in [3.63, 3.8) is 0 Å². The third kappa shape index (κ3) is 1.47. The summed E-state index contributed by atoms with van der Waals surface area (Å²) >= 11 is 5.94. The van der Waals surface area contributed by atoms with E-state index in [2.05, 4.69) is 19.1 Å². The third-order valence-electron chi connectivity index (χ3n) is 3.18. The molecule has 0 radical (unpaired) electrons. The quantitative estimate of drug-likeness (QED) is 0.772. The first-order chi connectivity index (χ1) is 6.16. The highest BCUT2D eigenvalue weighted by Crippen LogP contribution is 2.53. The van der Waals surface area contributed by atoms with E-state index in [1.807, 2.05) is 12.1 Å². The summed E-state index contributed by atoms with van der Waals surface area (Å²) in [6, 6.07) is 8.11. The normalized spacial score (nSPS) is 31.8. The van der Waals surface area contributed by atoms with Crippen LogP contribution >= 0.6 is 11.6 Å². The van der Waals surface area contributed by atoms with Crippen molar-refractivity contribution in [2.24, 2.45) is 11.7 Å². The van der Waals surface area contributed by atoms with E-state index in [0.717, 1.165) is 11.6 Å². The maximum atomic E-state index is 5.94. The van der Waals surface area contributed by atoms with Gasteiger partial charge in [0.25, 0.3) is 0 Å². The Bertz CT molecular complexity index is 324. The monoisotopic (exact) mass is 195 g/mol. The van der Waals surface area contributed by atoms with Gasteiger partial charge in [-0.2, -0.15) is 0 Å². The summed E-state index contributed by atoms with van der Waals surface area (Å²) in [5.74, 6) is 0.644. The molecule has 70 valence electrons. The average molecular weight is 196 g/mol. The van der Waals surface area contributed by atoms with Gasteiger partial charge in [0.1, 0.15) is 0 Å². The lowest BCUT2D eigenvalue weighted by molar-refractivity contribution is 0.666. The minimum absolute atomic E-state index is 0.291. The Labute approximate surface area is 83.9 Å². The topological polar surface area (TPSA) is 26.0 Å². The Morgan fingerprint density at radius 2 is 2.38 bits per heavy atom. The Kier molecular flexibility index (Phi) is 2.09. The van der Waals surface area contributed by atoms with Crippen LogP contribution in [0.5, 0.6) is 0 Å². The Hall–Kier alpha value is -0.530. The second-order valence-corrected chi connectivity index (χ2v) is 4.50. The van der Waals surface area contributed by atoms with Crippen molar-refractivity contribution in [1.82, 2.24) is 0 Å². The van der Waals surface area contributed by atoms with E-state index in [-0.39, 0.29) is 0 Å². The van der Waals surface area contributed by atoms with Crippen LogP contribution in [0.4, 0.5) is 0 Å². The van der Waals surface area contributed by atoms with E-state index in [9.17, 15) is 0 Å². The fraction of sp³-hybridized carbons (Fsp3) is 0.455. The second-order valence-electron chi connectivity index (χ2n) is 4.06. The van der Waals surface area contributed by atoms with Crippen LogP contribution in [0.15, 0.2) is 24.3 Å². The van der Waals surface area contributed by atoms with Gasteiger partial charge in [-0.3, -0.25) is 0 Å². The molecule has 1 aliphatic rings. The summed E-state index contributed by atoms with van der Waals surface area (Å²) in [6.07, 6.45) is 1.20. The molecule has 1 aromatic rings. The molecule has 0 heterocycles. The first-order valence-electron chi connectivity index (χ1n) is 4.63. The van der Waals surface area contributed by atoms with Crippen LogP contribution in [0.3, 0.4) is 0 Å². The van der Waals surface area contributed by atoms with Crippen molar-refractivity contribution < 1.29 is 0 Å². The standard InChI is InChI=1S/C11H14ClN/c1-11(6-9(11)7-13)8-3-2-4-10(12)5-8/h2-5,9H,6-7,13H2,1H3. The molecule has 2 rings (SSSR count). The van der Waals surface area contributed by atoms with Crippen LogP contribution < -0.4 is 5.73 Å². The molecule has 1 nitrogen and oxygen atoms in total. The molecule has 2 atom stereocenters. The molecule has 0 aromatic heterocycles. The molecule has 0 bridgehead atoms. The largest absolute Gasteiger partial charge is 0.330 e. The van der Waals surface area contributed by atoms with Crippen LogP contribution in [0.1, 0.15) is 18.9 Å². The lowest BCUT2D eigenvalue weighted by Gasteiger charge is -2.11. The smallest absolute Gasteiger partial charge is 0.0408 e. The summed E-state index contributed by atoms with van der Waals surface area (Å²) < 4.78 is 0. The van der Waals surface area contributed by atoms with Crippen LogP contribution in [-0.4, -0.2) is 6.54 Å². The molecule has 2 heteroatoms. The average Bonchev–Trinajstić information content (AvgIpc) is 2.79. The zero-order chi connectivity index (χ0) is 9.47. The van der Waals surface area contributed by atoms with Crippen molar-refractivity contribution in [3.8, 4) is 0 Å². The Morgan fingerprint density at radius 1 is 1.62 bits per heavy atom. The van der Waals surface area contributed by atoms with Gasteiger partial charge in [-0.05, 0) is 42.0 Å². The molecule has 2 N–H and O–H groups in total. The predicted octanol–water partition coefficient (Wildman–Crippen LogP) is 2.58. The molecule has 1 aromatic carbocycles. The summed E-state index contributed by atoms with van der Waals surface area (Å²) in [5, 5.41) is 0.821. The summed E-state index contributed by atoms with van der Waals surface area (Å²) in [6.45, 7) is 3.04. The van der Waals surface area contributed by atoms with E-state index in [1.165, 1.54) is 12.0 Å². The molecule has 13 heavy (non-hydrogen) atoms. The van der Waals surface area contributed by atoms with Gasteiger partial charge < -0.3 is 5.73 Å². The molecule has 0 saturated heterocycles. The number of rotatable bonds is 2. The van der Waals surface area contributed by atoms with Crippen LogP contribution in [0, 0.1) is 5.92 Å². The van der Waals surface area contributed by atoms with E-state index >= 15 is 0 Å². The van der Waals surface area contributed by atoms with Crippen molar-refractivity contribution >= 4 is 11.6 Å². The lowest BCUT2D eigenvalue weighted by Crippen LogP contribution is -2.11. The van der Waals surface area contributed by atoms with Gasteiger partial charge in [-0.25, -0.2) is 0 Å². The van der Waals surface area contributed by atoms with E-state index in [0.29, 0.717) is 11.3 Å². The molecule has 1 aliphatic carbocycles. The molecular formula is C11H14ClN. The van der Waals surface area contributed by atoms with Crippen molar-refractivity contribution in [3.05, 3.63) is 34.9 Å². The minimum atomic E-state index is 0.291. The molecular weight excluding hydrogens is 182 g/mol. The summed E-state index contributed by atoms with van der Waals surface area (Å²) in [7, 11) is 0. The number of hydrogen-bond acceptors (Lipinski definition) is 1. The van der Waals surface area contributed by atoms with Gasteiger partial charge in [0.15, 0.2) is 0 Å². The van der Waals surface area contributed by atoms with Gasteiger partial charge >= 0.3 is 0 Å². The van der Waals surface area contributed by atoms with Gasteiger partial charge in [0.2, 0.25) is 0 Å². The SMILES string of the molecule is CC1(c2cccc(Cl)c2)CC1CN. The fourth-order valence-corrected chi connectivity index (χ4v) is 2.18. The van der Waals surface area contributed by atoms with E-state index in [4.69, 9.17) is 17.3 Å². The Balaban J connectivity index is 2.27. The summed E-state index contributed by atoms with van der Waals surface area (Å²) in [4.78, 5) is 0. The maximum absolute atomic E-state index is 5.94. The first kappa shape index (κ1) is 9.04. The van der Waals surface area contributed by atoms with E-state index in [1.54, 1.807) is 0 Å². The minimum Gasteiger partial charge on any atom is -0.330 e. The zero-order valence-electron chi connectivity index (χ0n) is 7.76. The van der Waals surface area contributed by atoms with Gasteiger partial charge in [-0.15, -0.1) is 0 Å².